The van der Waals surface area contributed by atoms with Gasteiger partial charge in [0.15, 0.2) is 0 Å². The normalized spacial score (nSPS) is 21.5. The molecule has 120 valence electrons. The lowest BCUT2D eigenvalue weighted by Crippen LogP contribution is -2.48. The van der Waals surface area contributed by atoms with Gasteiger partial charge >= 0.3 is 0 Å². The van der Waals surface area contributed by atoms with Crippen molar-refractivity contribution in [2.45, 2.75) is 26.7 Å². The second-order valence-electron chi connectivity index (χ2n) is 5.81. The second-order valence-corrected chi connectivity index (χ2v) is 7.57. The Morgan fingerprint density at radius 1 is 1.40 bits per heavy atom. The number of piperidine rings is 1. The average Bonchev–Trinajstić information content (AvgIpc) is 2.39. The minimum absolute atomic E-state index is 0.325. The minimum atomic E-state index is -3.35. The van der Waals surface area contributed by atoms with Gasteiger partial charge in [0, 0.05) is 26.7 Å². The molecule has 0 spiro atoms. The first-order chi connectivity index (χ1) is 9.45. The molecule has 20 heavy (non-hydrogen) atoms. The van der Waals surface area contributed by atoms with E-state index in [2.05, 4.69) is 23.9 Å². The van der Waals surface area contributed by atoms with Crippen LogP contribution in [0, 0.1) is 11.8 Å². The highest BCUT2D eigenvalue weighted by atomic mass is 32.2. The lowest BCUT2D eigenvalue weighted by atomic mass is 9.99. The summed E-state index contributed by atoms with van der Waals surface area (Å²) in [6, 6.07) is 0. The maximum Gasteiger partial charge on any atom is 0.279 e. The quantitative estimate of drug-likeness (QED) is 0.606. The molecular formula is C13H29N3O3S. The van der Waals surface area contributed by atoms with Crippen molar-refractivity contribution >= 4 is 10.2 Å². The molecule has 1 saturated heterocycles. The van der Waals surface area contributed by atoms with E-state index in [1.54, 1.807) is 11.4 Å². The van der Waals surface area contributed by atoms with E-state index in [0.29, 0.717) is 38.1 Å². The third-order valence-electron chi connectivity index (χ3n) is 3.40. The fraction of sp³-hybridized carbons (Fsp3) is 1.00. The van der Waals surface area contributed by atoms with Gasteiger partial charge < -0.3 is 10.1 Å². The van der Waals surface area contributed by atoms with Crippen molar-refractivity contribution in [2.75, 3.05) is 46.4 Å². The van der Waals surface area contributed by atoms with Gasteiger partial charge in [-0.1, -0.05) is 13.8 Å². The zero-order valence-corrected chi connectivity index (χ0v) is 13.7. The molecule has 0 radical (unpaired) electrons. The molecule has 7 heteroatoms. The van der Waals surface area contributed by atoms with Gasteiger partial charge in [-0.25, -0.2) is 0 Å². The molecule has 1 atom stereocenters. The predicted molar refractivity (Wildman–Crippen MR) is 80.8 cm³/mol. The summed E-state index contributed by atoms with van der Waals surface area (Å²) in [6.45, 7) is 8.15. The Kier molecular flexibility index (Phi) is 7.98. The van der Waals surface area contributed by atoms with Crippen LogP contribution in [0.5, 0.6) is 0 Å². The van der Waals surface area contributed by atoms with Crippen LogP contribution in [0.25, 0.3) is 0 Å². The lowest BCUT2D eigenvalue weighted by Gasteiger charge is -2.32. The van der Waals surface area contributed by atoms with Gasteiger partial charge in [-0.3, -0.25) is 0 Å². The lowest BCUT2D eigenvalue weighted by molar-refractivity contribution is 0.202. The Morgan fingerprint density at radius 3 is 2.80 bits per heavy atom. The van der Waals surface area contributed by atoms with E-state index in [1.807, 2.05) is 0 Å². The number of ether oxygens (including phenoxy) is 1. The third-order valence-corrected chi connectivity index (χ3v) is 4.98. The molecule has 0 aromatic rings. The summed E-state index contributed by atoms with van der Waals surface area (Å²) in [5.74, 6) is 1.02. The first kappa shape index (κ1) is 17.8. The zero-order chi connectivity index (χ0) is 15.0. The van der Waals surface area contributed by atoms with Gasteiger partial charge in [0.2, 0.25) is 0 Å². The molecule has 6 nitrogen and oxygen atoms in total. The molecule has 1 aliphatic heterocycles. The molecule has 0 saturated carbocycles. The molecule has 0 aliphatic carbocycles. The van der Waals surface area contributed by atoms with Gasteiger partial charge in [-0.05, 0) is 37.8 Å². The molecule has 2 N–H and O–H groups in total. The van der Waals surface area contributed by atoms with Crippen molar-refractivity contribution in [2.24, 2.45) is 11.8 Å². The largest absolute Gasteiger partial charge is 0.383 e. The average molecular weight is 307 g/mol. The van der Waals surface area contributed by atoms with Gasteiger partial charge in [-0.2, -0.15) is 17.4 Å². The van der Waals surface area contributed by atoms with E-state index in [9.17, 15) is 8.42 Å². The van der Waals surface area contributed by atoms with Crippen molar-refractivity contribution in [3.63, 3.8) is 0 Å². The number of nitrogens with one attached hydrogen (secondary N) is 2. The zero-order valence-electron chi connectivity index (χ0n) is 12.9. The first-order valence-electron chi connectivity index (χ1n) is 7.40. The van der Waals surface area contributed by atoms with E-state index in [-0.39, 0.29) is 0 Å². The number of hydrogen-bond acceptors (Lipinski definition) is 4. The van der Waals surface area contributed by atoms with Crippen molar-refractivity contribution in [3.05, 3.63) is 0 Å². The Labute approximate surface area is 123 Å². The van der Waals surface area contributed by atoms with E-state index < -0.39 is 10.2 Å². The maximum atomic E-state index is 12.1. The van der Waals surface area contributed by atoms with E-state index in [4.69, 9.17) is 4.74 Å². The van der Waals surface area contributed by atoms with Gasteiger partial charge in [-0.15, -0.1) is 0 Å². The minimum Gasteiger partial charge on any atom is -0.383 e. The van der Waals surface area contributed by atoms with Crippen molar-refractivity contribution < 1.29 is 13.2 Å². The molecule has 1 unspecified atom stereocenters. The van der Waals surface area contributed by atoms with Crippen LogP contribution < -0.4 is 10.0 Å². The summed E-state index contributed by atoms with van der Waals surface area (Å²) >= 11 is 0. The molecule has 0 aromatic heterocycles. The summed E-state index contributed by atoms with van der Waals surface area (Å²) in [4.78, 5) is 0. The topological polar surface area (TPSA) is 70.7 Å². The second kappa shape index (κ2) is 8.94. The van der Waals surface area contributed by atoms with Crippen LogP contribution >= 0.6 is 0 Å². The first-order valence-corrected chi connectivity index (χ1v) is 8.84. The highest BCUT2D eigenvalue weighted by molar-refractivity contribution is 7.87. The number of methoxy groups -OCH3 is 1. The molecule has 1 rings (SSSR count). The summed E-state index contributed by atoms with van der Waals surface area (Å²) in [5.41, 5.74) is 0. The molecule has 1 heterocycles. The molecular weight excluding hydrogens is 278 g/mol. The van der Waals surface area contributed by atoms with Crippen molar-refractivity contribution in [1.82, 2.24) is 14.3 Å². The third kappa shape index (κ3) is 6.49. The molecule has 0 amide bonds. The Bertz CT molecular complexity index is 360. The fourth-order valence-corrected chi connectivity index (χ4v) is 3.65. The predicted octanol–water partition coefficient (Wildman–Crippen LogP) is 0.425. The summed E-state index contributed by atoms with van der Waals surface area (Å²) in [7, 11) is -1.79. The molecule has 0 bridgehead atoms. The summed E-state index contributed by atoms with van der Waals surface area (Å²) in [6.07, 6.45) is 2.02. The highest BCUT2D eigenvalue weighted by Gasteiger charge is 2.28. The molecule has 1 fully saturated rings. The van der Waals surface area contributed by atoms with Crippen LogP contribution in [0.2, 0.25) is 0 Å². The Balaban J connectivity index is 2.39. The SMILES string of the molecule is COCCNS(=O)(=O)N1CCCC(CNCC(C)C)C1. The van der Waals surface area contributed by atoms with Gasteiger partial charge in [0.25, 0.3) is 10.2 Å². The van der Waals surface area contributed by atoms with Gasteiger partial charge in [0.1, 0.15) is 0 Å². The van der Waals surface area contributed by atoms with Gasteiger partial charge in [0.05, 0.1) is 6.61 Å². The number of hydrogen-bond donors (Lipinski definition) is 2. The Hall–Kier alpha value is -0.210. The fourth-order valence-electron chi connectivity index (χ4n) is 2.35. The van der Waals surface area contributed by atoms with E-state index in [0.717, 1.165) is 25.9 Å². The standard InChI is InChI=1S/C13H29N3O3S/c1-12(2)9-14-10-13-5-4-7-16(11-13)20(17,18)15-6-8-19-3/h12-15H,4-11H2,1-3H3. The maximum absolute atomic E-state index is 12.1. The highest BCUT2D eigenvalue weighted by Crippen LogP contribution is 2.18. The van der Waals surface area contributed by atoms with Crippen molar-refractivity contribution in [1.29, 1.82) is 0 Å². The van der Waals surface area contributed by atoms with Crippen LogP contribution in [0.1, 0.15) is 26.7 Å². The monoisotopic (exact) mass is 307 g/mol. The van der Waals surface area contributed by atoms with Crippen LogP contribution in [0.4, 0.5) is 0 Å². The number of rotatable bonds is 9. The van der Waals surface area contributed by atoms with E-state index in [1.165, 1.54) is 0 Å². The van der Waals surface area contributed by atoms with Crippen LogP contribution in [-0.2, 0) is 14.9 Å². The molecule has 1 aliphatic rings. The van der Waals surface area contributed by atoms with E-state index >= 15 is 0 Å². The molecule has 0 aromatic carbocycles. The number of nitrogens with zero attached hydrogens (tertiary/aromatic N) is 1. The summed E-state index contributed by atoms with van der Waals surface area (Å²) < 4.78 is 33.3. The Morgan fingerprint density at radius 2 is 2.15 bits per heavy atom. The smallest absolute Gasteiger partial charge is 0.279 e. The summed E-state index contributed by atoms with van der Waals surface area (Å²) in [5, 5.41) is 3.42. The van der Waals surface area contributed by atoms with Crippen LogP contribution in [-0.4, -0.2) is 59.2 Å². The van der Waals surface area contributed by atoms with Crippen LogP contribution in [0.15, 0.2) is 0 Å². The van der Waals surface area contributed by atoms with Crippen LogP contribution in [0.3, 0.4) is 0 Å². The van der Waals surface area contributed by atoms with Crippen molar-refractivity contribution in [3.8, 4) is 0 Å².